The van der Waals surface area contributed by atoms with Crippen LogP contribution in [0.25, 0.3) is 33.4 Å². The molecule has 59 heavy (non-hydrogen) atoms. The zero-order valence-electron chi connectivity index (χ0n) is 32.2. The molecule has 0 bridgehead atoms. The summed E-state index contributed by atoms with van der Waals surface area (Å²) >= 11 is 0. The Morgan fingerprint density at radius 1 is 0.373 bits per heavy atom. The van der Waals surface area contributed by atoms with Crippen LogP contribution in [0.5, 0.6) is 11.5 Å². The van der Waals surface area contributed by atoms with Crippen LogP contribution < -0.4 is 8.37 Å². The van der Waals surface area contributed by atoms with Crippen LogP contribution in [0, 0.1) is 13.8 Å². The van der Waals surface area contributed by atoms with Crippen LogP contribution in [0.3, 0.4) is 0 Å². The molecule has 0 amide bonds. The average Bonchev–Trinajstić information content (AvgIpc) is 3.55. The molecule has 0 radical (unpaired) electrons. The Hall–Kier alpha value is -6.74. The molecule has 290 valence electrons. The molecule has 0 fully saturated rings. The fourth-order valence-electron chi connectivity index (χ4n) is 8.26. The normalized spacial score (nSPS) is 13.0. The van der Waals surface area contributed by atoms with Gasteiger partial charge in [0.2, 0.25) is 0 Å². The first-order valence-corrected chi connectivity index (χ1v) is 22.0. The number of hydrogen-bond donors (Lipinski definition) is 0. The second-order valence-electron chi connectivity index (χ2n) is 14.7. The molecule has 0 saturated carbocycles. The van der Waals surface area contributed by atoms with Gasteiger partial charge in [-0.3, -0.25) is 0 Å². The van der Waals surface area contributed by atoms with Gasteiger partial charge in [0.15, 0.2) is 11.5 Å². The van der Waals surface area contributed by atoms with Gasteiger partial charge in [-0.2, -0.15) is 16.8 Å². The first-order valence-electron chi connectivity index (χ1n) is 19.2. The van der Waals surface area contributed by atoms with Gasteiger partial charge in [-0.1, -0.05) is 146 Å². The average molecular weight is 811 g/mol. The van der Waals surface area contributed by atoms with Crippen LogP contribution in [0.4, 0.5) is 0 Å². The molecule has 1 aliphatic carbocycles. The van der Waals surface area contributed by atoms with E-state index in [0.717, 1.165) is 55.6 Å². The highest BCUT2D eigenvalue weighted by Crippen LogP contribution is 2.57. The lowest BCUT2D eigenvalue weighted by Gasteiger charge is -2.35. The molecule has 0 N–H and O–H groups in total. The largest absolute Gasteiger partial charge is 0.378 e. The highest BCUT2D eigenvalue weighted by Gasteiger charge is 2.46. The lowest BCUT2D eigenvalue weighted by molar-refractivity contribution is 0.485. The van der Waals surface area contributed by atoms with Crippen molar-refractivity contribution in [3.63, 3.8) is 0 Å². The summed E-state index contributed by atoms with van der Waals surface area (Å²) in [5.41, 5.74) is 9.21. The second-order valence-corrected chi connectivity index (χ2v) is 17.8. The third kappa shape index (κ3) is 6.80. The van der Waals surface area contributed by atoms with Crippen LogP contribution >= 0.6 is 0 Å². The lowest BCUT2D eigenvalue weighted by atomic mass is 9.67. The molecule has 9 rings (SSSR count). The van der Waals surface area contributed by atoms with Crippen molar-refractivity contribution in [1.29, 1.82) is 0 Å². The number of fused-ring (bicyclic) bond motifs is 3. The second kappa shape index (κ2) is 14.9. The summed E-state index contributed by atoms with van der Waals surface area (Å²) in [7, 11) is -8.41. The molecule has 0 saturated heterocycles. The van der Waals surface area contributed by atoms with Gasteiger partial charge in [0.1, 0.15) is 9.79 Å². The van der Waals surface area contributed by atoms with E-state index in [1.54, 1.807) is 36.4 Å². The lowest BCUT2D eigenvalue weighted by Crippen LogP contribution is -2.29. The van der Waals surface area contributed by atoms with Crippen LogP contribution in [0.2, 0.25) is 0 Å². The third-order valence-electron chi connectivity index (χ3n) is 10.9. The Morgan fingerprint density at radius 3 is 1.17 bits per heavy atom. The summed E-state index contributed by atoms with van der Waals surface area (Å²) in [4.78, 5) is 0.131. The third-order valence-corrected chi connectivity index (χ3v) is 13.4. The summed E-state index contributed by atoms with van der Waals surface area (Å²) in [6.07, 6.45) is 0. The van der Waals surface area contributed by atoms with E-state index in [1.165, 1.54) is 12.1 Å². The van der Waals surface area contributed by atoms with E-state index in [0.29, 0.717) is 11.1 Å². The summed E-state index contributed by atoms with van der Waals surface area (Å²) in [6, 6.07) is 60.5. The molecule has 0 aromatic heterocycles. The topological polar surface area (TPSA) is 86.7 Å². The Labute approximate surface area is 345 Å². The van der Waals surface area contributed by atoms with Crippen molar-refractivity contribution >= 4 is 20.2 Å². The van der Waals surface area contributed by atoms with E-state index < -0.39 is 25.7 Å². The fourth-order valence-corrected chi connectivity index (χ4v) is 10.4. The van der Waals surface area contributed by atoms with Crippen LogP contribution in [0.15, 0.2) is 204 Å². The highest BCUT2D eigenvalue weighted by molar-refractivity contribution is 7.87. The predicted molar refractivity (Wildman–Crippen MR) is 233 cm³/mol. The van der Waals surface area contributed by atoms with Crippen molar-refractivity contribution < 1.29 is 25.2 Å². The number of aryl methyl sites for hydroxylation is 2. The minimum Gasteiger partial charge on any atom is -0.378 e. The van der Waals surface area contributed by atoms with E-state index in [-0.39, 0.29) is 21.3 Å². The van der Waals surface area contributed by atoms with Gasteiger partial charge in [-0.15, -0.1) is 0 Å². The van der Waals surface area contributed by atoms with Crippen molar-refractivity contribution in [2.75, 3.05) is 0 Å². The maximum atomic E-state index is 13.8. The van der Waals surface area contributed by atoms with Crippen molar-refractivity contribution in [3.05, 3.63) is 228 Å². The van der Waals surface area contributed by atoms with Gasteiger partial charge in [-0.05, 0) is 118 Å². The summed E-state index contributed by atoms with van der Waals surface area (Å²) in [5.74, 6) is 0.373. The van der Waals surface area contributed by atoms with Crippen molar-refractivity contribution in [2.45, 2.75) is 29.1 Å². The molecule has 0 heterocycles. The number of hydrogen-bond acceptors (Lipinski definition) is 6. The molecule has 1 aliphatic rings. The standard InChI is InChI=1S/C51H38O6S2/c1-35-15-13-21-41(31-35)58(52,53)56-49-29-27-39(33-45(49)37-17-5-3-6-18-37)51(47-25-11-9-23-43(47)44-24-10-12-26-48(44)51)40-28-30-50(46(34-40)38-19-7-4-8-20-38)57-59(54,55)42-22-14-16-36(2)32-42/h3-34H,1-2H3. The summed E-state index contributed by atoms with van der Waals surface area (Å²) in [5, 5.41) is 0. The molecule has 8 aromatic carbocycles. The first-order chi connectivity index (χ1) is 28.5. The van der Waals surface area contributed by atoms with E-state index in [1.807, 2.05) is 135 Å². The quantitative estimate of drug-likeness (QED) is 0.128. The maximum Gasteiger partial charge on any atom is 0.339 e. The highest BCUT2D eigenvalue weighted by atomic mass is 32.2. The Kier molecular flexibility index (Phi) is 9.54. The van der Waals surface area contributed by atoms with E-state index in [2.05, 4.69) is 24.3 Å². The fraction of sp³-hybridized carbons (Fsp3) is 0.0588. The van der Waals surface area contributed by atoms with Gasteiger partial charge in [0.05, 0.1) is 5.41 Å². The van der Waals surface area contributed by atoms with Crippen molar-refractivity contribution in [3.8, 4) is 44.9 Å². The minimum absolute atomic E-state index is 0.0656. The summed E-state index contributed by atoms with van der Waals surface area (Å²) in [6.45, 7) is 3.68. The predicted octanol–water partition coefficient (Wildman–Crippen LogP) is 11.5. The summed E-state index contributed by atoms with van der Waals surface area (Å²) < 4.78 is 67.3. The van der Waals surface area contributed by atoms with Gasteiger partial charge >= 0.3 is 20.2 Å². The maximum absolute atomic E-state index is 13.8. The number of benzene rings is 8. The molecular formula is C51H38O6S2. The molecule has 6 nitrogen and oxygen atoms in total. The first kappa shape index (κ1) is 37.8. The van der Waals surface area contributed by atoms with E-state index >= 15 is 0 Å². The molecule has 0 aliphatic heterocycles. The van der Waals surface area contributed by atoms with Gasteiger partial charge in [-0.25, -0.2) is 0 Å². The zero-order valence-corrected chi connectivity index (χ0v) is 33.9. The Morgan fingerprint density at radius 2 is 0.763 bits per heavy atom. The Bertz CT molecular complexity index is 2890. The monoisotopic (exact) mass is 810 g/mol. The van der Waals surface area contributed by atoms with Crippen molar-refractivity contribution in [2.24, 2.45) is 0 Å². The van der Waals surface area contributed by atoms with E-state index in [4.69, 9.17) is 8.37 Å². The van der Waals surface area contributed by atoms with Gasteiger partial charge < -0.3 is 8.37 Å². The zero-order chi connectivity index (χ0) is 40.8. The molecule has 0 atom stereocenters. The minimum atomic E-state index is -4.20. The number of rotatable bonds is 10. The van der Waals surface area contributed by atoms with E-state index in [9.17, 15) is 16.8 Å². The van der Waals surface area contributed by atoms with Gasteiger partial charge in [0, 0.05) is 11.1 Å². The van der Waals surface area contributed by atoms with Crippen LogP contribution in [-0.2, 0) is 25.7 Å². The molecule has 8 heteroatoms. The van der Waals surface area contributed by atoms with Crippen LogP contribution in [0.1, 0.15) is 33.4 Å². The smallest absolute Gasteiger partial charge is 0.339 e. The molecule has 0 unspecified atom stereocenters. The molecule has 8 aromatic rings. The Balaban J connectivity index is 1.30. The molecule has 0 spiro atoms. The SMILES string of the molecule is Cc1cccc(S(=O)(=O)Oc2ccc(C3(c4ccc(OS(=O)(=O)c5cccc(C)c5)c(-c5ccccc5)c4)c4ccccc4-c4ccccc43)cc2-c2ccccc2)c1. The van der Waals surface area contributed by atoms with Crippen LogP contribution in [-0.4, -0.2) is 16.8 Å². The van der Waals surface area contributed by atoms with Crippen molar-refractivity contribution in [1.82, 2.24) is 0 Å². The molecular weight excluding hydrogens is 773 g/mol. The van der Waals surface area contributed by atoms with Gasteiger partial charge in [0.25, 0.3) is 0 Å².